The second-order valence-electron chi connectivity index (χ2n) is 3.78. The molecule has 0 spiro atoms. The van der Waals surface area contributed by atoms with Crippen LogP contribution in [-0.2, 0) is 4.79 Å². The molecule has 0 aliphatic carbocycles. The minimum absolute atomic E-state index is 0.0149. The summed E-state index contributed by atoms with van der Waals surface area (Å²) in [5.74, 6) is -1.84. The molecule has 0 radical (unpaired) electrons. The maximum atomic E-state index is 12.8. The molecule has 9 heteroatoms. The average molecular weight is 267 g/mol. The number of alkyl halides is 3. The molecule has 5 nitrogen and oxygen atoms in total. The SMILES string of the molecule is O=C(O)C1(C(F)(F)F)CCN(c2nncs2)C1. The Morgan fingerprint density at radius 1 is 1.59 bits per heavy atom. The van der Waals surface area contributed by atoms with Gasteiger partial charge >= 0.3 is 12.1 Å². The summed E-state index contributed by atoms with van der Waals surface area (Å²) in [7, 11) is 0. The highest BCUT2D eigenvalue weighted by Gasteiger charge is 2.64. The lowest BCUT2D eigenvalue weighted by molar-refractivity contribution is -0.225. The highest BCUT2D eigenvalue weighted by Crippen LogP contribution is 2.46. The lowest BCUT2D eigenvalue weighted by Crippen LogP contribution is -2.47. The second-order valence-corrected chi connectivity index (χ2v) is 4.59. The number of carbonyl (C=O) groups is 1. The van der Waals surface area contributed by atoms with Gasteiger partial charge in [0.1, 0.15) is 5.51 Å². The van der Waals surface area contributed by atoms with Gasteiger partial charge in [0.15, 0.2) is 5.41 Å². The summed E-state index contributed by atoms with van der Waals surface area (Å²) in [4.78, 5) is 12.2. The molecule has 1 N–H and O–H groups in total. The van der Waals surface area contributed by atoms with Crippen molar-refractivity contribution in [1.29, 1.82) is 0 Å². The topological polar surface area (TPSA) is 66.3 Å². The smallest absolute Gasteiger partial charge is 0.406 e. The number of carboxylic acid groups (broad SMARTS) is 1. The maximum Gasteiger partial charge on any atom is 0.406 e. The highest BCUT2D eigenvalue weighted by atomic mass is 32.1. The number of rotatable bonds is 2. The van der Waals surface area contributed by atoms with Crippen LogP contribution in [0.15, 0.2) is 5.51 Å². The molecule has 17 heavy (non-hydrogen) atoms. The Bertz CT molecular complexity index is 422. The van der Waals surface area contributed by atoms with Gasteiger partial charge in [0.05, 0.1) is 0 Å². The minimum Gasteiger partial charge on any atom is -0.481 e. The van der Waals surface area contributed by atoms with Crippen molar-refractivity contribution in [3.8, 4) is 0 Å². The summed E-state index contributed by atoms with van der Waals surface area (Å²) in [5, 5.41) is 16.3. The van der Waals surface area contributed by atoms with Crippen LogP contribution in [0.25, 0.3) is 0 Å². The first-order valence-corrected chi connectivity index (χ1v) is 5.56. The number of aromatic nitrogens is 2. The predicted molar refractivity (Wildman–Crippen MR) is 52.9 cm³/mol. The normalized spacial score (nSPS) is 25.2. The van der Waals surface area contributed by atoms with Crippen LogP contribution in [-0.4, -0.2) is 40.5 Å². The standard InChI is InChI=1S/C8H8F3N3O2S/c9-8(10,11)7(5(15)16)1-2-14(3-7)6-13-12-4-17-6/h4H,1-3H2,(H,15,16). The fraction of sp³-hybridized carbons (Fsp3) is 0.625. The van der Waals surface area contributed by atoms with Gasteiger partial charge in [0.2, 0.25) is 5.13 Å². The van der Waals surface area contributed by atoms with Crippen molar-refractivity contribution in [2.75, 3.05) is 18.0 Å². The van der Waals surface area contributed by atoms with Crippen LogP contribution in [0.2, 0.25) is 0 Å². The van der Waals surface area contributed by atoms with Gasteiger partial charge < -0.3 is 10.0 Å². The van der Waals surface area contributed by atoms with E-state index in [4.69, 9.17) is 5.11 Å². The molecule has 1 atom stereocenters. The molecule has 94 valence electrons. The lowest BCUT2D eigenvalue weighted by atomic mass is 9.86. The van der Waals surface area contributed by atoms with E-state index >= 15 is 0 Å². The van der Waals surface area contributed by atoms with E-state index in [1.807, 2.05) is 0 Å². The summed E-state index contributed by atoms with van der Waals surface area (Å²) in [6.45, 7) is -0.595. The zero-order valence-electron chi connectivity index (χ0n) is 8.44. The van der Waals surface area contributed by atoms with E-state index in [0.717, 1.165) is 11.3 Å². The number of anilines is 1. The van der Waals surface area contributed by atoms with Gasteiger partial charge in [-0.15, -0.1) is 10.2 Å². The van der Waals surface area contributed by atoms with Crippen molar-refractivity contribution in [2.45, 2.75) is 12.6 Å². The Kier molecular flexibility index (Phi) is 2.72. The van der Waals surface area contributed by atoms with Crippen molar-refractivity contribution in [1.82, 2.24) is 10.2 Å². The number of hydrogen-bond donors (Lipinski definition) is 1. The largest absolute Gasteiger partial charge is 0.481 e. The molecule has 2 heterocycles. The molecule has 0 saturated carbocycles. The quantitative estimate of drug-likeness (QED) is 0.877. The zero-order valence-corrected chi connectivity index (χ0v) is 9.25. The van der Waals surface area contributed by atoms with Gasteiger partial charge in [-0.05, 0) is 6.42 Å². The molecule has 1 aliphatic heterocycles. The minimum atomic E-state index is -4.77. The van der Waals surface area contributed by atoms with E-state index in [9.17, 15) is 18.0 Å². The Morgan fingerprint density at radius 3 is 2.71 bits per heavy atom. The number of aliphatic carboxylic acids is 1. The molecular formula is C8H8F3N3O2S. The maximum absolute atomic E-state index is 12.8. The monoisotopic (exact) mass is 267 g/mol. The molecule has 0 bridgehead atoms. The summed E-state index contributed by atoms with van der Waals surface area (Å²) in [6.07, 6.45) is -5.23. The molecule has 1 aromatic rings. The van der Waals surface area contributed by atoms with Crippen molar-refractivity contribution >= 4 is 22.4 Å². The second kappa shape index (κ2) is 3.83. The van der Waals surface area contributed by atoms with E-state index in [0.29, 0.717) is 5.13 Å². The summed E-state index contributed by atoms with van der Waals surface area (Å²) in [6, 6.07) is 0. The molecular weight excluding hydrogens is 259 g/mol. The highest BCUT2D eigenvalue weighted by molar-refractivity contribution is 7.13. The third-order valence-electron chi connectivity index (χ3n) is 2.84. The Balaban J connectivity index is 2.27. The Morgan fingerprint density at radius 2 is 2.29 bits per heavy atom. The Labute approximate surface area is 97.9 Å². The fourth-order valence-electron chi connectivity index (χ4n) is 1.81. The van der Waals surface area contributed by atoms with Crippen molar-refractivity contribution in [3.63, 3.8) is 0 Å². The first-order chi connectivity index (χ1) is 7.87. The van der Waals surface area contributed by atoms with E-state index in [2.05, 4.69) is 10.2 Å². The Hall–Kier alpha value is -1.38. The molecule has 1 unspecified atom stereocenters. The average Bonchev–Trinajstić information content (AvgIpc) is 2.86. The van der Waals surface area contributed by atoms with Gasteiger partial charge in [-0.25, -0.2) is 0 Å². The van der Waals surface area contributed by atoms with Crippen molar-refractivity contribution < 1.29 is 23.1 Å². The predicted octanol–water partition coefficient (Wildman–Crippen LogP) is 1.38. The van der Waals surface area contributed by atoms with E-state index < -0.39 is 30.5 Å². The van der Waals surface area contributed by atoms with Crippen LogP contribution < -0.4 is 4.90 Å². The zero-order chi connectivity index (χ0) is 12.7. The van der Waals surface area contributed by atoms with Crippen LogP contribution in [0, 0.1) is 5.41 Å². The third kappa shape index (κ3) is 1.84. The van der Waals surface area contributed by atoms with Gasteiger partial charge in [0, 0.05) is 13.1 Å². The van der Waals surface area contributed by atoms with Crippen LogP contribution in [0.5, 0.6) is 0 Å². The number of nitrogens with zero attached hydrogens (tertiary/aromatic N) is 3. The van der Waals surface area contributed by atoms with Gasteiger partial charge in [-0.2, -0.15) is 13.2 Å². The molecule has 0 aromatic carbocycles. The van der Waals surface area contributed by atoms with Crippen LogP contribution >= 0.6 is 11.3 Å². The first kappa shape index (κ1) is 12.1. The van der Waals surface area contributed by atoms with E-state index in [1.165, 1.54) is 10.4 Å². The summed E-state index contributed by atoms with van der Waals surface area (Å²) < 4.78 is 38.5. The molecule has 0 amide bonds. The van der Waals surface area contributed by atoms with Gasteiger partial charge in [-0.3, -0.25) is 4.79 Å². The number of halogens is 3. The molecule has 1 saturated heterocycles. The van der Waals surface area contributed by atoms with Crippen LogP contribution in [0.3, 0.4) is 0 Å². The number of hydrogen-bond acceptors (Lipinski definition) is 5. The van der Waals surface area contributed by atoms with Gasteiger partial charge in [-0.1, -0.05) is 11.3 Å². The number of carboxylic acids is 1. The van der Waals surface area contributed by atoms with E-state index in [-0.39, 0.29) is 6.54 Å². The molecule has 2 rings (SSSR count). The summed E-state index contributed by atoms with van der Waals surface area (Å²) >= 11 is 1.09. The lowest BCUT2D eigenvalue weighted by Gasteiger charge is -2.26. The fourth-order valence-corrected chi connectivity index (χ4v) is 2.39. The summed E-state index contributed by atoms with van der Waals surface area (Å²) in [5.41, 5.74) is -1.30. The molecule has 1 aliphatic rings. The first-order valence-electron chi connectivity index (χ1n) is 4.68. The van der Waals surface area contributed by atoms with Gasteiger partial charge in [0.25, 0.3) is 0 Å². The molecule has 1 aromatic heterocycles. The van der Waals surface area contributed by atoms with E-state index in [1.54, 1.807) is 0 Å². The third-order valence-corrected chi connectivity index (χ3v) is 3.59. The van der Waals surface area contributed by atoms with Crippen molar-refractivity contribution in [3.05, 3.63) is 5.51 Å². The van der Waals surface area contributed by atoms with Crippen LogP contribution in [0.1, 0.15) is 6.42 Å². The molecule has 1 fully saturated rings. The van der Waals surface area contributed by atoms with Crippen LogP contribution in [0.4, 0.5) is 18.3 Å². The van der Waals surface area contributed by atoms with Crippen molar-refractivity contribution in [2.24, 2.45) is 5.41 Å².